The molecule has 2 atom stereocenters. The molecule has 2 unspecified atom stereocenters. The number of carboxylic acid groups (broad SMARTS) is 1. The van der Waals surface area contributed by atoms with Gasteiger partial charge in [0.1, 0.15) is 6.10 Å². The maximum atomic E-state index is 11.9. The summed E-state index contributed by atoms with van der Waals surface area (Å²) >= 11 is 0. The predicted octanol–water partition coefficient (Wildman–Crippen LogP) is -0.328. The lowest BCUT2D eigenvalue weighted by Crippen LogP contribution is -2.48. The van der Waals surface area contributed by atoms with Crippen LogP contribution in [0.2, 0.25) is 0 Å². The molecule has 6 nitrogen and oxygen atoms in total. The van der Waals surface area contributed by atoms with Crippen LogP contribution in [0, 0.1) is 0 Å². The van der Waals surface area contributed by atoms with Crippen LogP contribution in [0.5, 0.6) is 0 Å². The monoisotopic (exact) mass is 232 g/mol. The Hall–Kier alpha value is -1.14. The average Bonchev–Trinajstić information content (AvgIpc) is 2.19. The fraction of sp³-hybridized carbons (Fsp3) is 0.800. The molecular weight excluding hydrogens is 212 g/mol. The molecule has 6 heteroatoms. The number of nitrogens with zero attached hydrogens (tertiary/aromatic N) is 1. The summed E-state index contributed by atoms with van der Waals surface area (Å²) in [5, 5.41) is 8.67. The minimum atomic E-state index is -0.930. The summed E-state index contributed by atoms with van der Waals surface area (Å²) in [5.74, 6) is -1.19. The summed E-state index contributed by atoms with van der Waals surface area (Å²) in [4.78, 5) is 23.9. The van der Waals surface area contributed by atoms with E-state index in [2.05, 4.69) is 0 Å². The van der Waals surface area contributed by atoms with Gasteiger partial charge in [-0.2, -0.15) is 0 Å². The van der Waals surface area contributed by atoms with Crippen LogP contribution in [0.3, 0.4) is 0 Å². The SMILES string of the molecule is CCN(C(=O)C(CN)OC)C(C)CC(=O)O. The third kappa shape index (κ3) is 4.16. The predicted molar refractivity (Wildman–Crippen MR) is 59.0 cm³/mol. The third-order valence-electron chi connectivity index (χ3n) is 2.40. The number of carboxylic acids is 1. The van der Waals surface area contributed by atoms with Gasteiger partial charge in [0.2, 0.25) is 0 Å². The van der Waals surface area contributed by atoms with Crippen molar-refractivity contribution >= 4 is 11.9 Å². The Morgan fingerprint density at radius 2 is 2.06 bits per heavy atom. The highest BCUT2D eigenvalue weighted by Gasteiger charge is 2.26. The van der Waals surface area contributed by atoms with Crippen molar-refractivity contribution in [2.45, 2.75) is 32.4 Å². The Bertz CT molecular complexity index is 241. The van der Waals surface area contributed by atoms with Crippen molar-refractivity contribution in [3.63, 3.8) is 0 Å². The zero-order chi connectivity index (χ0) is 12.7. The van der Waals surface area contributed by atoms with Gasteiger partial charge in [0, 0.05) is 26.2 Å². The van der Waals surface area contributed by atoms with Gasteiger partial charge in [0.05, 0.1) is 6.42 Å². The van der Waals surface area contributed by atoms with Gasteiger partial charge in [-0.1, -0.05) is 0 Å². The number of likely N-dealkylation sites (N-methyl/N-ethyl adjacent to an activating group) is 1. The lowest BCUT2D eigenvalue weighted by atomic mass is 10.1. The van der Waals surface area contributed by atoms with Crippen LogP contribution < -0.4 is 5.73 Å². The molecule has 0 fully saturated rings. The molecular formula is C10H20N2O4. The normalized spacial score (nSPS) is 14.2. The van der Waals surface area contributed by atoms with Crippen LogP contribution in [-0.2, 0) is 14.3 Å². The summed E-state index contributed by atoms with van der Waals surface area (Å²) in [5.41, 5.74) is 5.39. The second-order valence-corrected chi connectivity index (χ2v) is 3.53. The van der Waals surface area contributed by atoms with Crippen LogP contribution in [0.1, 0.15) is 20.3 Å². The van der Waals surface area contributed by atoms with Gasteiger partial charge >= 0.3 is 5.97 Å². The molecule has 94 valence electrons. The highest BCUT2D eigenvalue weighted by atomic mass is 16.5. The van der Waals surface area contributed by atoms with Gasteiger partial charge in [-0.25, -0.2) is 0 Å². The van der Waals surface area contributed by atoms with E-state index in [1.54, 1.807) is 13.8 Å². The summed E-state index contributed by atoms with van der Waals surface area (Å²) in [6.45, 7) is 4.01. The lowest BCUT2D eigenvalue weighted by Gasteiger charge is -2.29. The number of hydrogen-bond donors (Lipinski definition) is 2. The van der Waals surface area contributed by atoms with Crippen molar-refractivity contribution in [2.24, 2.45) is 5.73 Å². The van der Waals surface area contributed by atoms with Crippen molar-refractivity contribution in [3.05, 3.63) is 0 Å². The van der Waals surface area contributed by atoms with Crippen LogP contribution in [0.15, 0.2) is 0 Å². The number of carbonyl (C=O) groups is 2. The second-order valence-electron chi connectivity index (χ2n) is 3.53. The molecule has 0 saturated heterocycles. The zero-order valence-corrected chi connectivity index (χ0v) is 9.97. The van der Waals surface area contributed by atoms with Crippen LogP contribution in [0.4, 0.5) is 0 Å². The fourth-order valence-electron chi connectivity index (χ4n) is 1.53. The molecule has 0 spiro atoms. The number of aliphatic carboxylic acids is 1. The standard InChI is InChI=1S/C10H20N2O4/c1-4-12(7(2)5-9(13)14)10(15)8(6-11)16-3/h7-8H,4-6,11H2,1-3H3,(H,13,14). The summed E-state index contributed by atoms with van der Waals surface area (Å²) < 4.78 is 4.94. The van der Waals surface area contributed by atoms with Gasteiger partial charge in [0.15, 0.2) is 0 Å². The van der Waals surface area contributed by atoms with E-state index in [0.717, 1.165) is 0 Å². The molecule has 0 aromatic heterocycles. The first-order chi connectivity index (χ1) is 7.47. The number of hydrogen-bond acceptors (Lipinski definition) is 4. The zero-order valence-electron chi connectivity index (χ0n) is 9.97. The number of methoxy groups -OCH3 is 1. The maximum Gasteiger partial charge on any atom is 0.305 e. The van der Waals surface area contributed by atoms with Crippen LogP contribution >= 0.6 is 0 Å². The van der Waals surface area contributed by atoms with Crippen molar-refractivity contribution in [3.8, 4) is 0 Å². The summed E-state index contributed by atoms with van der Waals surface area (Å²) in [7, 11) is 1.41. The number of ether oxygens (including phenoxy) is 1. The smallest absolute Gasteiger partial charge is 0.305 e. The average molecular weight is 232 g/mol. The molecule has 0 saturated carbocycles. The molecule has 0 heterocycles. The molecule has 0 aliphatic rings. The second kappa shape index (κ2) is 7.19. The van der Waals surface area contributed by atoms with E-state index in [1.165, 1.54) is 12.0 Å². The van der Waals surface area contributed by atoms with E-state index in [1.807, 2.05) is 0 Å². The van der Waals surface area contributed by atoms with Gasteiger partial charge in [-0.15, -0.1) is 0 Å². The van der Waals surface area contributed by atoms with Crippen LogP contribution in [-0.4, -0.2) is 54.2 Å². The number of amides is 1. The Morgan fingerprint density at radius 3 is 2.38 bits per heavy atom. The molecule has 0 aliphatic carbocycles. The Morgan fingerprint density at radius 1 is 1.50 bits per heavy atom. The van der Waals surface area contributed by atoms with Gasteiger partial charge in [-0.3, -0.25) is 9.59 Å². The maximum absolute atomic E-state index is 11.9. The van der Waals surface area contributed by atoms with Gasteiger partial charge < -0.3 is 20.5 Å². The van der Waals surface area contributed by atoms with E-state index in [-0.39, 0.29) is 24.9 Å². The van der Waals surface area contributed by atoms with E-state index < -0.39 is 12.1 Å². The molecule has 3 N–H and O–H groups in total. The number of rotatable bonds is 7. The number of nitrogens with two attached hydrogens (primary N) is 1. The first-order valence-corrected chi connectivity index (χ1v) is 5.23. The van der Waals surface area contributed by atoms with E-state index in [4.69, 9.17) is 15.6 Å². The molecule has 16 heavy (non-hydrogen) atoms. The van der Waals surface area contributed by atoms with E-state index in [0.29, 0.717) is 6.54 Å². The molecule has 0 aromatic rings. The largest absolute Gasteiger partial charge is 0.481 e. The first kappa shape index (κ1) is 14.9. The van der Waals surface area contributed by atoms with E-state index >= 15 is 0 Å². The molecule has 0 aliphatic heterocycles. The first-order valence-electron chi connectivity index (χ1n) is 5.23. The van der Waals surface area contributed by atoms with Crippen molar-refractivity contribution < 1.29 is 19.4 Å². The Labute approximate surface area is 95.4 Å². The molecule has 0 rings (SSSR count). The highest BCUT2D eigenvalue weighted by molar-refractivity contribution is 5.82. The fourth-order valence-corrected chi connectivity index (χ4v) is 1.53. The molecule has 0 bridgehead atoms. The Kier molecular flexibility index (Phi) is 6.67. The molecule has 0 aromatic carbocycles. The highest BCUT2D eigenvalue weighted by Crippen LogP contribution is 2.07. The number of carbonyl (C=O) groups excluding carboxylic acids is 1. The minimum absolute atomic E-state index is 0.0828. The molecule has 1 amide bonds. The van der Waals surface area contributed by atoms with Gasteiger partial charge in [0.25, 0.3) is 5.91 Å². The summed E-state index contributed by atoms with van der Waals surface area (Å²) in [6.07, 6.45) is -0.781. The van der Waals surface area contributed by atoms with Gasteiger partial charge in [-0.05, 0) is 13.8 Å². The Balaban J connectivity index is 4.58. The minimum Gasteiger partial charge on any atom is -0.481 e. The molecule has 0 radical (unpaired) electrons. The quantitative estimate of drug-likeness (QED) is 0.627. The lowest BCUT2D eigenvalue weighted by molar-refractivity contribution is -0.145. The van der Waals surface area contributed by atoms with E-state index in [9.17, 15) is 9.59 Å². The van der Waals surface area contributed by atoms with Crippen LogP contribution in [0.25, 0.3) is 0 Å². The van der Waals surface area contributed by atoms with Crippen molar-refractivity contribution in [1.29, 1.82) is 0 Å². The van der Waals surface area contributed by atoms with Crippen molar-refractivity contribution in [1.82, 2.24) is 4.90 Å². The third-order valence-corrected chi connectivity index (χ3v) is 2.40. The van der Waals surface area contributed by atoms with Crippen molar-refractivity contribution in [2.75, 3.05) is 20.2 Å². The topological polar surface area (TPSA) is 92.9 Å². The summed E-state index contributed by atoms with van der Waals surface area (Å²) in [6, 6.07) is -0.362.